The maximum atomic E-state index is 5.59. The molecule has 2 heterocycles. The highest BCUT2D eigenvalue weighted by Crippen LogP contribution is 2.13. The quantitative estimate of drug-likeness (QED) is 0.843. The van der Waals surface area contributed by atoms with Crippen LogP contribution in [-0.2, 0) is 13.0 Å². The molecule has 0 spiro atoms. The molecule has 2 rings (SSSR count). The Hall–Kier alpha value is -0.490. The number of rotatable bonds is 5. The van der Waals surface area contributed by atoms with Crippen LogP contribution >= 0.6 is 11.3 Å². The van der Waals surface area contributed by atoms with Crippen LogP contribution in [0.15, 0.2) is 6.20 Å². The van der Waals surface area contributed by atoms with Gasteiger partial charge in [0.25, 0.3) is 0 Å². The van der Waals surface area contributed by atoms with E-state index in [2.05, 4.69) is 21.7 Å². The molecule has 0 radical (unpaired) electrons. The van der Waals surface area contributed by atoms with Crippen LogP contribution in [0.4, 0.5) is 0 Å². The number of aromatic nitrogens is 1. The van der Waals surface area contributed by atoms with Crippen molar-refractivity contribution in [2.75, 3.05) is 39.3 Å². The molecule has 1 saturated heterocycles. The minimum absolute atomic E-state index is 0.618. The van der Waals surface area contributed by atoms with Crippen molar-refractivity contribution in [1.82, 2.24) is 14.8 Å². The van der Waals surface area contributed by atoms with Crippen molar-refractivity contribution >= 4 is 11.3 Å². The van der Waals surface area contributed by atoms with Gasteiger partial charge < -0.3 is 15.5 Å². The van der Waals surface area contributed by atoms with Gasteiger partial charge in [-0.25, -0.2) is 4.98 Å². The molecule has 0 amide bonds. The van der Waals surface area contributed by atoms with Gasteiger partial charge in [0.2, 0.25) is 0 Å². The molecule has 0 bridgehead atoms. The van der Waals surface area contributed by atoms with Gasteiger partial charge in [-0.05, 0) is 6.54 Å². The summed E-state index contributed by atoms with van der Waals surface area (Å²) in [5.74, 6) is 0. The van der Waals surface area contributed by atoms with Gasteiger partial charge in [0, 0.05) is 56.8 Å². The van der Waals surface area contributed by atoms with Crippen molar-refractivity contribution in [1.29, 1.82) is 0 Å². The summed E-state index contributed by atoms with van der Waals surface area (Å²) in [7, 11) is 0. The first-order valence-corrected chi connectivity index (χ1v) is 7.22. The molecule has 17 heavy (non-hydrogen) atoms. The van der Waals surface area contributed by atoms with Crippen molar-refractivity contribution in [2.24, 2.45) is 5.73 Å². The van der Waals surface area contributed by atoms with Crippen LogP contribution in [0.3, 0.4) is 0 Å². The van der Waals surface area contributed by atoms with E-state index in [1.165, 1.54) is 42.6 Å². The highest BCUT2D eigenvalue weighted by Gasteiger charge is 2.15. The summed E-state index contributed by atoms with van der Waals surface area (Å²) in [6.45, 7) is 9.98. The fourth-order valence-electron chi connectivity index (χ4n) is 2.14. The zero-order chi connectivity index (χ0) is 12.1. The van der Waals surface area contributed by atoms with Crippen molar-refractivity contribution in [3.8, 4) is 0 Å². The smallest absolute Gasteiger partial charge is 0.0940 e. The van der Waals surface area contributed by atoms with Crippen LogP contribution in [0.5, 0.6) is 0 Å². The van der Waals surface area contributed by atoms with E-state index in [0.29, 0.717) is 6.54 Å². The average Bonchev–Trinajstić information content (AvgIpc) is 2.85. The van der Waals surface area contributed by atoms with Crippen molar-refractivity contribution in [3.63, 3.8) is 0 Å². The molecule has 1 aromatic heterocycles. The predicted octanol–water partition coefficient (Wildman–Crippen LogP) is 0.782. The molecule has 5 heteroatoms. The third kappa shape index (κ3) is 3.74. The number of likely N-dealkylation sites (N-methyl/N-ethyl adjacent to an activating group) is 1. The first kappa shape index (κ1) is 13.0. The minimum Gasteiger partial charge on any atom is -0.326 e. The normalized spacial score (nSPS) is 18.7. The lowest BCUT2D eigenvalue weighted by Crippen LogP contribution is -2.46. The maximum absolute atomic E-state index is 5.59. The number of thiazole rings is 1. The average molecular weight is 254 g/mol. The van der Waals surface area contributed by atoms with E-state index in [1.54, 1.807) is 11.3 Å². The van der Waals surface area contributed by atoms with Gasteiger partial charge in [0.1, 0.15) is 0 Å². The lowest BCUT2D eigenvalue weighted by atomic mass is 10.3. The monoisotopic (exact) mass is 254 g/mol. The predicted molar refractivity (Wildman–Crippen MR) is 72.3 cm³/mol. The number of piperazine rings is 1. The zero-order valence-electron chi connectivity index (χ0n) is 10.6. The molecule has 2 N–H and O–H groups in total. The Kier molecular flexibility index (Phi) is 4.91. The number of hydrogen-bond donors (Lipinski definition) is 1. The molecule has 1 aliphatic heterocycles. The van der Waals surface area contributed by atoms with E-state index >= 15 is 0 Å². The van der Waals surface area contributed by atoms with Crippen LogP contribution in [0.2, 0.25) is 0 Å². The summed E-state index contributed by atoms with van der Waals surface area (Å²) >= 11 is 1.75. The largest absolute Gasteiger partial charge is 0.326 e. The van der Waals surface area contributed by atoms with Gasteiger partial charge in [-0.2, -0.15) is 0 Å². The van der Waals surface area contributed by atoms with Crippen LogP contribution < -0.4 is 5.73 Å². The number of hydrogen-bond acceptors (Lipinski definition) is 5. The fraction of sp³-hybridized carbons (Fsp3) is 0.750. The molecule has 1 aliphatic rings. The lowest BCUT2D eigenvalue weighted by molar-refractivity contribution is 0.138. The van der Waals surface area contributed by atoms with Crippen molar-refractivity contribution in [3.05, 3.63) is 16.1 Å². The van der Waals surface area contributed by atoms with Gasteiger partial charge in [0.15, 0.2) is 0 Å². The van der Waals surface area contributed by atoms with Gasteiger partial charge in [0.05, 0.1) is 5.01 Å². The van der Waals surface area contributed by atoms with E-state index in [-0.39, 0.29) is 0 Å². The zero-order valence-corrected chi connectivity index (χ0v) is 11.4. The second-order valence-corrected chi connectivity index (χ2v) is 5.65. The second-order valence-electron chi connectivity index (χ2n) is 4.45. The van der Waals surface area contributed by atoms with Crippen molar-refractivity contribution in [2.45, 2.75) is 19.9 Å². The molecule has 0 atom stereocenters. The fourth-order valence-corrected chi connectivity index (χ4v) is 2.93. The Morgan fingerprint density at radius 2 is 2.00 bits per heavy atom. The van der Waals surface area contributed by atoms with Crippen LogP contribution in [0.1, 0.15) is 16.8 Å². The standard InChI is InChI=1S/C12H22N4S/c1-2-15-5-7-16(8-6-15)4-3-12-14-10-11(9-13)17-12/h10H,2-9,13H2,1H3. The Morgan fingerprint density at radius 1 is 1.29 bits per heavy atom. The van der Waals surface area contributed by atoms with Gasteiger partial charge in [-0.15, -0.1) is 11.3 Å². The van der Waals surface area contributed by atoms with Crippen LogP contribution in [-0.4, -0.2) is 54.1 Å². The van der Waals surface area contributed by atoms with Crippen LogP contribution in [0, 0.1) is 0 Å². The molecular weight excluding hydrogens is 232 g/mol. The Labute approximate surface area is 107 Å². The highest BCUT2D eigenvalue weighted by molar-refractivity contribution is 7.11. The van der Waals surface area contributed by atoms with Crippen molar-refractivity contribution < 1.29 is 0 Å². The summed E-state index contributed by atoms with van der Waals surface area (Å²) in [6.07, 6.45) is 2.98. The summed E-state index contributed by atoms with van der Waals surface area (Å²) in [6, 6.07) is 0. The number of nitrogens with zero attached hydrogens (tertiary/aromatic N) is 3. The third-order valence-corrected chi connectivity index (χ3v) is 4.44. The molecule has 1 aromatic rings. The van der Waals surface area contributed by atoms with E-state index in [9.17, 15) is 0 Å². The second kappa shape index (κ2) is 6.44. The Bertz CT molecular complexity index is 331. The minimum atomic E-state index is 0.618. The molecular formula is C12H22N4S. The lowest BCUT2D eigenvalue weighted by Gasteiger charge is -2.33. The van der Waals surface area contributed by atoms with E-state index in [1.807, 2.05) is 6.20 Å². The molecule has 1 fully saturated rings. The summed E-state index contributed by atoms with van der Waals surface area (Å²) in [5.41, 5.74) is 5.59. The van der Waals surface area contributed by atoms with E-state index < -0.39 is 0 Å². The van der Waals surface area contributed by atoms with Crippen LogP contribution in [0.25, 0.3) is 0 Å². The van der Waals surface area contributed by atoms with Gasteiger partial charge >= 0.3 is 0 Å². The van der Waals surface area contributed by atoms with Gasteiger partial charge in [-0.3, -0.25) is 0 Å². The highest BCUT2D eigenvalue weighted by atomic mass is 32.1. The topological polar surface area (TPSA) is 45.4 Å². The summed E-state index contributed by atoms with van der Waals surface area (Å²) in [4.78, 5) is 10.6. The number of nitrogens with two attached hydrogens (primary N) is 1. The summed E-state index contributed by atoms with van der Waals surface area (Å²) in [5, 5.41) is 1.23. The van der Waals surface area contributed by atoms with E-state index in [0.717, 1.165) is 13.0 Å². The molecule has 4 nitrogen and oxygen atoms in total. The molecule has 0 aliphatic carbocycles. The SMILES string of the molecule is CCN1CCN(CCc2ncc(CN)s2)CC1. The summed E-state index contributed by atoms with van der Waals surface area (Å²) < 4.78 is 0. The maximum Gasteiger partial charge on any atom is 0.0940 e. The Balaban J connectivity index is 1.72. The first-order valence-electron chi connectivity index (χ1n) is 6.40. The molecule has 0 saturated carbocycles. The molecule has 0 aromatic carbocycles. The molecule has 0 unspecified atom stereocenters. The van der Waals surface area contributed by atoms with Gasteiger partial charge in [-0.1, -0.05) is 6.92 Å². The first-order chi connectivity index (χ1) is 8.31. The van der Waals surface area contributed by atoms with E-state index in [4.69, 9.17) is 5.73 Å². The Morgan fingerprint density at radius 3 is 2.59 bits per heavy atom. The molecule has 96 valence electrons. The third-order valence-electron chi connectivity index (χ3n) is 3.36.